The number of rotatable bonds is 4. The summed E-state index contributed by atoms with van der Waals surface area (Å²) in [6.07, 6.45) is 0. The van der Waals surface area contributed by atoms with Gasteiger partial charge in [-0.25, -0.2) is 8.42 Å². The van der Waals surface area contributed by atoms with Crippen molar-refractivity contribution in [2.24, 2.45) is 0 Å². The normalized spacial score (nSPS) is 18.6. The van der Waals surface area contributed by atoms with Gasteiger partial charge in [0.25, 0.3) is 0 Å². The van der Waals surface area contributed by atoms with Crippen molar-refractivity contribution in [1.29, 1.82) is 0 Å². The monoisotopic (exact) mass is 362 g/mol. The number of carbonyl (C=O) groups excluding carboxylic acids is 1. The lowest BCUT2D eigenvalue weighted by Crippen LogP contribution is -2.49. The molecule has 0 unspecified atom stereocenters. The third-order valence-corrected chi connectivity index (χ3v) is 6.50. The van der Waals surface area contributed by atoms with Gasteiger partial charge in [-0.3, -0.25) is 4.79 Å². The van der Waals surface area contributed by atoms with Crippen LogP contribution in [0, 0.1) is 0 Å². The molecule has 8 nitrogen and oxygen atoms in total. The molecule has 1 fully saturated rings. The predicted molar refractivity (Wildman–Crippen MR) is 87.6 cm³/mol. The molecule has 3 heterocycles. The summed E-state index contributed by atoms with van der Waals surface area (Å²) in [7, 11) is -3.55. The molecular weight excluding hydrogens is 344 g/mol. The number of carbonyl (C=O) groups is 1. The van der Waals surface area contributed by atoms with Crippen LogP contribution in [0.5, 0.6) is 0 Å². The average molecular weight is 362 g/mol. The number of benzene rings is 1. The van der Waals surface area contributed by atoms with Crippen LogP contribution in [0.3, 0.4) is 0 Å². The highest BCUT2D eigenvalue weighted by molar-refractivity contribution is 7.89. The summed E-state index contributed by atoms with van der Waals surface area (Å²) in [6.45, 7) is 3.99. The van der Waals surface area contributed by atoms with E-state index in [-0.39, 0.29) is 16.6 Å². The zero-order valence-electron chi connectivity index (χ0n) is 13.8. The lowest BCUT2D eigenvalue weighted by molar-refractivity contribution is 0.0791. The van der Waals surface area contributed by atoms with Crippen LogP contribution in [-0.2, 0) is 27.9 Å². The first-order valence-electron chi connectivity index (χ1n) is 8.07. The minimum absolute atomic E-state index is 0.0469. The van der Waals surface area contributed by atoms with Crippen LogP contribution in [0.2, 0.25) is 0 Å². The Labute approximate surface area is 145 Å². The molecule has 0 bridgehead atoms. The third kappa shape index (κ3) is 2.78. The molecule has 2 aromatic rings. The molecular formula is C16H18N4O4S. The molecule has 0 saturated carbocycles. The zero-order valence-corrected chi connectivity index (χ0v) is 14.6. The molecule has 0 amide bonds. The maximum Gasteiger partial charge on any atom is 0.243 e. The first-order chi connectivity index (χ1) is 12.0. The van der Waals surface area contributed by atoms with Gasteiger partial charge in [0.1, 0.15) is 12.4 Å². The lowest BCUT2D eigenvalue weighted by atomic mass is 10.0. The van der Waals surface area contributed by atoms with Crippen LogP contribution in [-0.4, -0.2) is 53.0 Å². The molecule has 0 N–H and O–H groups in total. The van der Waals surface area contributed by atoms with Gasteiger partial charge < -0.3 is 9.30 Å². The van der Waals surface area contributed by atoms with Crippen LogP contribution < -0.4 is 0 Å². The number of sulfonamides is 1. The Bertz CT molecular complexity index is 914. The van der Waals surface area contributed by atoms with E-state index < -0.39 is 10.0 Å². The van der Waals surface area contributed by atoms with E-state index in [9.17, 15) is 13.2 Å². The van der Waals surface area contributed by atoms with E-state index in [1.54, 1.807) is 12.1 Å². The number of Topliss-reactive ketones (excluding diaryl/α,β-unsaturated/α-hetero) is 1. The van der Waals surface area contributed by atoms with Crippen LogP contribution in [0.15, 0.2) is 29.2 Å². The number of ketones is 1. The van der Waals surface area contributed by atoms with Crippen molar-refractivity contribution in [1.82, 2.24) is 19.1 Å². The Morgan fingerprint density at radius 2 is 1.92 bits per heavy atom. The molecule has 1 aromatic carbocycles. The van der Waals surface area contributed by atoms with Gasteiger partial charge in [-0.05, 0) is 19.1 Å². The molecule has 25 heavy (non-hydrogen) atoms. The molecule has 132 valence electrons. The van der Waals surface area contributed by atoms with Crippen LogP contribution in [0.25, 0.3) is 0 Å². The minimum atomic E-state index is -3.55. The molecule has 2 aliphatic rings. The van der Waals surface area contributed by atoms with E-state index in [1.165, 1.54) is 23.4 Å². The maximum absolute atomic E-state index is 12.7. The van der Waals surface area contributed by atoms with Gasteiger partial charge in [-0.1, -0.05) is 12.1 Å². The van der Waals surface area contributed by atoms with E-state index in [0.717, 1.165) is 11.6 Å². The van der Waals surface area contributed by atoms with Gasteiger partial charge in [0.05, 0.1) is 11.5 Å². The lowest BCUT2D eigenvalue weighted by Gasteiger charge is -2.37. The Morgan fingerprint density at radius 1 is 1.20 bits per heavy atom. The third-order valence-electron chi connectivity index (χ3n) is 4.66. The number of hydrogen-bond donors (Lipinski definition) is 0. The molecule has 9 heteroatoms. The standard InChI is InChI=1S/C16H18N4O4S/c1-11(21)12-2-4-14(5-3-12)25(22,23)19-8-13(9-19)16-18-17-15-10-24-7-6-20(15)16/h2-5,13H,6-10H2,1H3. The average Bonchev–Trinajstić information content (AvgIpc) is 2.97. The first kappa shape index (κ1) is 16.4. The van der Waals surface area contributed by atoms with E-state index >= 15 is 0 Å². The van der Waals surface area contributed by atoms with E-state index in [1.807, 2.05) is 4.57 Å². The highest BCUT2D eigenvalue weighted by atomic mass is 32.2. The van der Waals surface area contributed by atoms with Crippen LogP contribution in [0.4, 0.5) is 0 Å². The summed E-state index contributed by atoms with van der Waals surface area (Å²) in [6, 6.07) is 6.05. The molecule has 2 aliphatic heterocycles. The van der Waals surface area contributed by atoms with Crippen molar-refractivity contribution in [3.8, 4) is 0 Å². The molecule has 0 spiro atoms. The van der Waals surface area contributed by atoms with Crippen molar-refractivity contribution in [3.05, 3.63) is 41.5 Å². The van der Waals surface area contributed by atoms with Crippen molar-refractivity contribution >= 4 is 15.8 Å². The summed E-state index contributed by atoms with van der Waals surface area (Å²) in [4.78, 5) is 11.5. The second kappa shape index (κ2) is 6.01. The summed E-state index contributed by atoms with van der Waals surface area (Å²) in [5, 5.41) is 8.33. The number of aromatic nitrogens is 3. The summed E-state index contributed by atoms with van der Waals surface area (Å²) >= 11 is 0. The number of fused-ring (bicyclic) bond motifs is 1. The molecule has 0 aliphatic carbocycles. The largest absolute Gasteiger partial charge is 0.372 e. The predicted octanol–water partition coefficient (Wildman–Crippen LogP) is 0.799. The fraction of sp³-hybridized carbons (Fsp3) is 0.438. The van der Waals surface area contributed by atoms with Crippen LogP contribution in [0.1, 0.15) is 34.8 Å². The fourth-order valence-corrected chi connectivity index (χ4v) is 4.66. The second-order valence-corrected chi connectivity index (χ2v) is 8.22. The Morgan fingerprint density at radius 3 is 2.60 bits per heavy atom. The van der Waals surface area contributed by atoms with Gasteiger partial charge >= 0.3 is 0 Å². The van der Waals surface area contributed by atoms with Crippen molar-refractivity contribution in [3.63, 3.8) is 0 Å². The summed E-state index contributed by atoms with van der Waals surface area (Å²) in [5.41, 5.74) is 0.498. The fourth-order valence-electron chi connectivity index (χ4n) is 3.13. The summed E-state index contributed by atoms with van der Waals surface area (Å²) < 4.78 is 34.2. The highest BCUT2D eigenvalue weighted by Gasteiger charge is 2.40. The van der Waals surface area contributed by atoms with Gasteiger partial charge in [0.2, 0.25) is 10.0 Å². The Balaban J connectivity index is 1.49. The molecule has 4 rings (SSSR count). The van der Waals surface area contributed by atoms with Gasteiger partial charge in [-0.2, -0.15) is 4.31 Å². The molecule has 1 aromatic heterocycles. The van der Waals surface area contributed by atoms with Gasteiger partial charge in [-0.15, -0.1) is 10.2 Å². The second-order valence-electron chi connectivity index (χ2n) is 6.28. The highest BCUT2D eigenvalue weighted by Crippen LogP contribution is 2.32. The molecule has 0 atom stereocenters. The van der Waals surface area contributed by atoms with Gasteiger partial charge in [0, 0.05) is 31.1 Å². The van der Waals surface area contributed by atoms with Crippen molar-refractivity contribution in [2.45, 2.75) is 30.9 Å². The molecule has 0 radical (unpaired) electrons. The van der Waals surface area contributed by atoms with Crippen molar-refractivity contribution in [2.75, 3.05) is 19.7 Å². The Hall–Kier alpha value is -2.10. The summed E-state index contributed by atoms with van der Waals surface area (Å²) in [5.74, 6) is 1.58. The SMILES string of the molecule is CC(=O)c1ccc(S(=O)(=O)N2CC(c3nnc4n3CCOC4)C2)cc1. The topological polar surface area (TPSA) is 94.4 Å². The van der Waals surface area contributed by atoms with E-state index in [0.29, 0.717) is 38.4 Å². The first-order valence-corrected chi connectivity index (χ1v) is 9.51. The zero-order chi connectivity index (χ0) is 17.6. The Kier molecular flexibility index (Phi) is 3.94. The minimum Gasteiger partial charge on any atom is -0.372 e. The van der Waals surface area contributed by atoms with Crippen molar-refractivity contribution < 1.29 is 17.9 Å². The van der Waals surface area contributed by atoms with Gasteiger partial charge in [0.15, 0.2) is 11.6 Å². The van der Waals surface area contributed by atoms with Crippen LogP contribution >= 0.6 is 0 Å². The van der Waals surface area contributed by atoms with E-state index in [2.05, 4.69) is 10.2 Å². The van der Waals surface area contributed by atoms with E-state index in [4.69, 9.17) is 4.74 Å². The maximum atomic E-state index is 12.7. The number of nitrogens with zero attached hydrogens (tertiary/aromatic N) is 4. The smallest absolute Gasteiger partial charge is 0.243 e. The molecule has 1 saturated heterocycles. The quantitative estimate of drug-likeness (QED) is 0.747. The number of ether oxygens (including phenoxy) is 1. The number of hydrogen-bond acceptors (Lipinski definition) is 6.